The van der Waals surface area contributed by atoms with E-state index in [0.29, 0.717) is 18.2 Å². The number of aliphatic hydroxyl groups is 1. The zero-order valence-electron chi connectivity index (χ0n) is 16.2. The van der Waals surface area contributed by atoms with Crippen molar-refractivity contribution in [1.82, 2.24) is 9.97 Å². The third-order valence-electron chi connectivity index (χ3n) is 4.55. The van der Waals surface area contributed by atoms with E-state index in [9.17, 15) is 5.11 Å². The molecule has 2 aromatic rings. The molecule has 0 spiro atoms. The number of ether oxygens (including phenoxy) is 3. The number of hydrogen-bond acceptors (Lipinski definition) is 8. The van der Waals surface area contributed by atoms with Gasteiger partial charge < -0.3 is 30.4 Å². The Bertz CT molecular complexity index is 772. The Hall–Kier alpha value is -2.74. The highest BCUT2D eigenvalue weighted by atomic mass is 16.7. The van der Waals surface area contributed by atoms with E-state index in [4.69, 9.17) is 19.9 Å². The molecule has 4 N–H and O–H groups in total. The molecule has 152 valence electrons. The molecule has 1 aromatic heterocycles. The maximum absolute atomic E-state index is 9.58. The van der Waals surface area contributed by atoms with Gasteiger partial charge in [0.15, 0.2) is 23.1 Å². The Kier molecular flexibility index (Phi) is 7.13. The number of hydrogen-bond donors (Lipinski definition) is 3. The molecule has 0 bridgehead atoms. The Morgan fingerprint density at radius 2 is 2.14 bits per heavy atom. The fraction of sp³-hybridized carbons (Fsp3) is 0.500. The van der Waals surface area contributed by atoms with Gasteiger partial charge in [0.1, 0.15) is 0 Å². The molecule has 1 aliphatic rings. The Morgan fingerprint density at radius 1 is 1.29 bits per heavy atom. The second kappa shape index (κ2) is 9.98. The molecular weight excluding hydrogens is 360 g/mol. The van der Waals surface area contributed by atoms with E-state index >= 15 is 0 Å². The molecule has 1 unspecified atom stereocenters. The van der Waals surface area contributed by atoms with Crippen LogP contribution in [0, 0.1) is 0 Å². The summed E-state index contributed by atoms with van der Waals surface area (Å²) in [6, 6.07) is 5.87. The number of anilines is 2. The molecule has 1 atom stereocenters. The molecule has 8 nitrogen and oxygen atoms in total. The zero-order chi connectivity index (χ0) is 19.8. The lowest BCUT2D eigenvalue weighted by Gasteiger charge is -2.19. The summed E-state index contributed by atoms with van der Waals surface area (Å²) in [4.78, 5) is 8.25. The first-order valence-electron chi connectivity index (χ1n) is 9.70. The average molecular weight is 388 g/mol. The Balaban J connectivity index is 1.53. The van der Waals surface area contributed by atoms with Crippen LogP contribution in [0.1, 0.15) is 38.2 Å². The van der Waals surface area contributed by atoms with Gasteiger partial charge in [-0.2, -0.15) is 4.98 Å². The number of aromatic nitrogens is 2. The average Bonchev–Trinajstić information content (AvgIpc) is 3.17. The second-order valence-electron chi connectivity index (χ2n) is 6.75. The molecule has 28 heavy (non-hydrogen) atoms. The van der Waals surface area contributed by atoms with E-state index in [2.05, 4.69) is 22.2 Å². The standard InChI is InChI=1S/C20H28N4O4/c1-2-3-6-15(12-25)23-19-18(11-22-20(21)24-19)26-9-4-5-14-7-8-16-17(10-14)28-13-27-16/h7-8,10-11,15,25H,2-6,9,12-13H2,1H3,(H3,21,22,23,24). The molecule has 0 aliphatic carbocycles. The molecule has 0 fully saturated rings. The number of nitrogens with zero attached hydrogens (tertiary/aromatic N) is 2. The predicted octanol–water partition coefficient (Wildman–Crippen LogP) is 2.76. The molecule has 8 heteroatoms. The summed E-state index contributed by atoms with van der Waals surface area (Å²) in [5.41, 5.74) is 6.88. The summed E-state index contributed by atoms with van der Waals surface area (Å²) >= 11 is 0. The van der Waals surface area contributed by atoms with Crippen LogP contribution in [-0.4, -0.2) is 41.1 Å². The maximum Gasteiger partial charge on any atom is 0.231 e. The first-order valence-corrected chi connectivity index (χ1v) is 9.70. The van der Waals surface area contributed by atoms with Crippen LogP contribution in [0.25, 0.3) is 0 Å². The van der Waals surface area contributed by atoms with Crippen LogP contribution < -0.4 is 25.3 Å². The highest BCUT2D eigenvalue weighted by Crippen LogP contribution is 2.32. The predicted molar refractivity (Wildman–Crippen MR) is 107 cm³/mol. The quantitative estimate of drug-likeness (QED) is 0.504. The van der Waals surface area contributed by atoms with Crippen LogP contribution in [0.4, 0.5) is 11.8 Å². The number of unbranched alkanes of at least 4 members (excludes halogenated alkanes) is 1. The van der Waals surface area contributed by atoms with Crippen LogP contribution in [0.5, 0.6) is 17.2 Å². The van der Waals surface area contributed by atoms with E-state index in [1.54, 1.807) is 6.20 Å². The normalized spacial score (nSPS) is 13.4. The Morgan fingerprint density at radius 3 is 2.96 bits per heavy atom. The SMILES string of the molecule is CCCCC(CO)Nc1nc(N)ncc1OCCCc1ccc2c(c1)OCO2. The first-order chi connectivity index (χ1) is 13.7. The van der Waals surface area contributed by atoms with Gasteiger partial charge in [0.2, 0.25) is 12.7 Å². The van der Waals surface area contributed by atoms with Crippen molar-refractivity contribution < 1.29 is 19.3 Å². The van der Waals surface area contributed by atoms with Gasteiger partial charge in [-0.3, -0.25) is 0 Å². The summed E-state index contributed by atoms with van der Waals surface area (Å²) in [6.45, 7) is 2.93. The largest absolute Gasteiger partial charge is 0.488 e. The number of aryl methyl sites for hydroxylation is 1. The third-order valence-corrected chi connectivity index (χ3v) is 4.55. The number of benzene rings is 1. The van der Waals surface area contributed by atoms with Crippen molar-refractivity contribution in [1.29, 1.82) is 0 Å². The Labute approximate surface area is 165 Å². The number of aliphatic hydroxyl groups excluding tert-OH is 1. The van der Waals surface area contributed by atoms with E-state index in [-0.39, 0.29) is 25.4 Å². The summed E-state index contributed by atoms with van der Waals surface area (Å²) in [6.07, 6.45) is 6.17. The monoisotopic (exact) mass is 388 g/mol. The van der Waals surface area contributed by atoms with Gasteiger partial charge >= 0.3 is 0 Å². The molecule has 1 aromatic carbocycles. The molecule has 0 amide bonds. The van der Waals surface area contributed by atoms with Crippen LogP contribution in [0.3, 0.4) is 0 Å². The second-order valence-corrected chi connectivity index (χ2v) is 6.75. The molecule has 3 rings (SSSR count). The van der Waals surface area contributed by atoms with Crippen LogP contribution in [0.2, 0.25) is 0 Å². The lowest BCUT2D eigenvalue weighted by Crippen LogP contribution is -2.25. The topological polar surface area (TPSA) is 112 Å². The van der Waals surface area contributed by atoms with Gasteiger partial charge in [0, 0.05) is 0 Å². The van der Waals surface area contributed by atoms with Crippen molar-refractivity contribution >= 4 is 11.8 Å². The van der Waals surface area contributed by atoms with Gasteiger partial charge in [-0.25, -0.2) is 4.98 Å². The van der Waals surface area contributed by atoms with Crippen molar-refractivity contribution in [3.05, 3.63) is 30.0 Å². The summed E-state index contributed by atoms with van der Waals surface area (Å²) in [5.74, 6) is 2.80. The minimum absolute atomic E-state index is 0.0213. The highest BCUT2D eigenvalue weighted by molar-refractivity contribution is 5.51. The summed E-state index contributed by atoms with van der Waals surface area (Å²) in [7, 11) is 0. The van der Waals surface area contributed by atoms with E-state index in [1.165, 1.54) is 5.56 Å². The van der Waals surface area contributed by atoms with Gasteiger partial charge in [0.25, 0.3) is 0 Å². The molecule has 0 saturated heterocycles. The zero-order valence-corrected chi connectivity index (χ0v) is 16.2. The van der Waals surface area contributed by atoms with Crippen LogP contribution >= 0.6 is 0 Å². The fourth-order valence-electron chi connectivity index (χ4n) is 3.00. The van der Waals surface area contributed by atoms with E-state index in [1.807, 2.05) is 18.2 Å². The number of fused-ring (bicyclic) bond motifs is 1. The van der Waals surface area contributed by atoms with E-state index < -0.39 is 0 Å². The lowest BCUT2D eigenvalue weighted by atomic mass is 10.1. The van der Waals surface area contributed by atoms with Crippen molar-refractivity contribution in [2.45, 2.75) is 45.1 Å². The highest BCUT2D eigenvalue weighted by Gasteiger charge is 2.14. The number of nitrogen functional groups attached to an aromatic ring is 1. The molecule has 2 heterocycles. The van der Waals surface area contributed by atoms with Crippen molar-refractivity contribution in [2.75, 3.05) is 31.1 Å². The molecule has 0 saturated carbocycles. The van der Waals surface area contributed by atoms with Gasteiger partial charge in [-0.1, -0.05) is 25.8 Å². The van der Waals surface area contributed by atoms with Crippen molar-refractivity contribution in [3.63, 3.8) is 0 Å². The molecular formula is C20H28N4O4. The number of rotatable bonds is 11. The lowest BCUT2D eigenvalue weighted by molar-refractivity contribution is 0.174. The third kappa shape index (κ3) is 5.39. The van der Waals surface area contributed by atoms with Crippen molar-refractivity contribution in [3.8, 4) is 17.2 Å². The number of nitrogens with one attached hydrogen (secondary N) is 1. The van der Waals surface area contributed by atoms with Gasteiger partial charge in [-0.15, -0.1) is 0 Å². The number of nitrogens with two attached hydrogens (primary N) is 1. The van der Waals surface area contributed by atoms with Gasteiger partial charge in [-0.05, 0) is 37.0 Å². The van der Waals surface area contributed by atoms with Crippen molar-refractivity contribution in [2.24, 2.45) is 0 Å². The van der Waals surface area contributed by atoms with Crippen LogP contribution in [0.15, 0.2) is 24.4 Å². The summed E-state index contributed by atoms with van der Waals surface area (Å²) < 4.78 is 16.6. The molecule has 0 radical (unpaired) electrons. The minimum atomic E-state index is -0.0924. The molecule has 1 aliphatic heterocycles. The van der Waals surface area contributed by atoms with Gasteiger partial charge in [0.05, 0.1) is 25.5 Å². The van der Waals surface area contributed by atoms with E-state index in [0.717, 1.165) is 43.6 Å². The minimum Gasteiger partial charge on any atom is -0.488 e. The first kappa shape index (κ1) is 20.0. The smallest absolute Gasteiger partial charge is 0.231 e. The fourth-order valence-corrected chi connectivity index (χ4v) is 3.00. The van der Waals surface area contributed by atoms with Crippen LogP contribution in [-0.2, 0) is 6.42 Å². The maximum atomic E-state index is 9.58. The summed E-state index contributed by atoms with van der Waals surface area (Å²) in [5, 5.41) is 12.8.